The molecule has 4 N–H and O–H groups in total. The van der Waals surface area contributed by atoms with Crippen LogP contribution in [0.25, 0.3) is 0 Å². The number of carbonyl (C=O) groups excluding carboxylic acids is 3. The number of nitrogens with zero attached hydrogens (tertiary/aromatic N) is 2. The van der Waals surface area contributed by atoms with E-state index < -0.39 is 35.3 Å². The number of hydrogen-bond donors (Lipinski definition) is 3. The standard InChI is InChI=1S/C21H34N4O5S3/c1-3-13(22)17(33-16(26)10-24-6-8-31-9-7-24)18(27)23-14-5-4-12(2)20-25(19(14)28)15(11-32-20)21(29)30/h12-15,17,20H,3-11,22H2,1-2H3,(H,23,27)(H,29,30)/t12-,13-,14-,15-,17-,20+/m0/s1. The van der Waals surface area contributed by atoms with Gasteiger partial charge in [-0.3, -0.25) is 19.3 Å². The maximum Gasteiger partial charge on any atom is 0.327 e. The van der Waals surface area contributed by atoms with Crippen LogP contribution in [-0.2, 0) is 19.2 Å². The van der Waals surface area contributed by atoms with Crippen molar-refractivity contribution in [3.8, 4) is 0 Å². The van der Waals surface area contributed by atoms with E-state index in [0.717, 1.165) is 36.4 Å². The summed E-state index contributed by atoms with van der Waals surface area (Å²) in [4.78, 5) is 54.5. The van der Waals surface area contributed by atoms with Crippen molar-refractivity contribution < 1.29 is 24.3 Å². The van der Waals surface area contributed by atoms with Gasteiger partial charge in [-0.25, -0.2) is 4.79 Å². The molecule has 9 nitrogen and oxygen atoms in total. The van der Waals surface area contributed by atoms with Gasteiger partial charge in [-0.15, -0.1) is 11.8 Å². The van der Waals surface area contributed by atoms with E-state index in [1.807, 2.05) is 25.6 Å². The average Bonchev–Trinajstić information content (AvgIpc) is 3.21. The lowest BCUT2D eigenvalue weighted by atomic mass is 10.0. The van der Waals surface area contributed by atoms with Gasteiger partial charge >= 0.3 is 5.97 Å². The molecule has 0 bridgehead atoms. The molecule has 3 fully saturated rings. The minimum Gasteiger partial charge on any atom is -0.480 e. The summed E-state index contributed by atoms with van der Waals surface area (Å²) in [5.74, 6) is 0.635. The minimum absolute atomic E-state index is 0.103. The Hall–Kier alpha value is -0.950. The molecule has 3 heterocycles. The van der Waals surface area contributed by atoms with Crippen molar-refractivity contribution in [2.75, 3.05) is 36.9 Å². The summed E-state index contributed by atoms with van der Waals surface area (Å²) in [6.07, 6.45) is 1.64. The Balaban J connectivity index is 1.68. The number of rotatable bonds is 8. The van der Waals surface area contributed by atoms with Gasteiger partial charge in [0.2, 0.25) is 16.9 Å². The molecular formula is C21H34N4O5S3. The number of hydrogen-bond acceptors (Lipinski definition) is 9. The highest BCUT2D eigenvalue weighted by Crippen LogP contribution is 2.39. The molecule has 0 radical (unpaired) electrons. The number of thioether (sulfide) groups is 3. The third kappa shape index (κ3) is 6.59. The van der Waals surface area contributed by atoms with Gasteiger partial charge in [0.25, 0.3) is 0 Å². The molecule has 3 aliphatic rings. The molecule has 3 rings (SSSR count). The number of aliphatic carboxylic acids is 1. The zero-order valence-electron chi connectivity index (χ0n) is 19.1. The molecule has 33 heavy (non-hydrogen) atoms. The van der Waals surface area contributed by atoms with Crippen LogP contribution in [0.3, 0.4) is 0 Å². The largest absolute Gasteiger partial charge is 0.480 e. The van der Waals surface area contributed by atoms with Crippen molar-refractivity contribution >= 4 is 58.2 Å². The second-order valence-corrected chi connectivity index (χ2v) is 12.4. The second kappa shape index (κ2) is 12.1. The first-order valence-corrected chi connectivity index (χ1v) is 14.5. The van der Waals surface area contributed by atoms with Crippen LogP contribution in [0.15, 0.2) is 0 Å². The van der Waals surface area contributed by atoms with E-state index in [9.17, 15) is 24.3 Å². The first-order valence-electron chi connectivity index (χ1n) is 11.4. The molecule has 0 aromatic heterocycles. The Labute approximate surface area is 207 Å². The topological polar surface area (TPSA) is 133 Å². The van der Waals surface area contributed by atoms with Gasteiger partial charge in [0.15, 0.2) is 0 Å². The van der Waals surface area contributed by atoms with E-state index in [2.05, 4.69) is 10.2 Å². The predicted molar refractivity (Wildman–Crippen MR) is 133 cm³/mol. The molecule has 0 unspecified atom stereocenters. The monoisotopic (exact) mass is 518 g/mol. The Morgan fingerprint density at radius 2 is 1.97 bits per heavy atom. The summed E-state index contributed by atoms with van der Waals surface area (Å²) in [7, 11) is 0. The van der Waals surface area contributed by atoms with Crippen molar-refractivity contribution in [1.29, 1.82) is 0 Å². The predicted octanol–water partition coefficient (Wildman–Crippen LogP) is 0.670. The molecular weight excluding hydrogens is 484 g/mol. The summed E-state index contributed by atoms with van der Waals surface area (Å²) in [5.41, 5.74) is 6.21. The molecule has 3 aliphatic heterocycles. The maximum atomic E-state index is 13.3. The van der Waals surface area contributed by atoms with Gasteiger partial charge in [0, 0.05) is 36.4 Å². The number of nitrogens with one attached hydrogen (secondary N) is 1. The van der Waals surface area contributed by atoms with Gasteiger partial charge in [-0.05, 0) is 25.2 Å². The number of carboxylic acid groups (broad SMARTS) is 1. The molecule has 2 amide bonds. The fourth-order valence-corrected chi connectivity index (χ4v) is 7.99. The van der Waals surface area contributed by atoms with Crippen LogP contribution in [0, 0.1) is 5.92 Å². The SMILES string of the molecule is CC[C@H](N)[C@H](SC(=O)CN1CCSCC1)C(=O)N[C@H]1CC[C@H](C)[C@H]2SC[C@@H](C(=O)O)N2C1=O. The lowest BCUT2D eigenvalue weighted by Crippen LogP contribution is -2.56. The lowest BCUT2D eigenvalue weighted by molar-refractivity contribution is -0.150. The van der Waals surface area contributed by atoms with E-state index >= 15 is 0 Å². The molecule has 186 valence electrons. The Morgan fingerprint density at radius 1 is 1.27 bits per heavy atom. The van der Waals surface area contributed by atoms with Crippen LogP contribution in [0.1, 0.15) is 33.1 Å². The highest BCUT2D eigenvalue weighted by Gasteiger charge is 2.48. The molecule has 0 aromatic rings. The van der Waals surface area contributed by atoms with Gasteiger partial charge in [0.05, 0.1) is 11.9 Å². The Kier molecular flexibility index (Phi) is 9.81. The number of nitrogens with two attached hydrogens (primary N) is 1. The van der Waals surface area contributed by atoms with E-state index in [0.29, 0.717) is 25.0 Å². The Morgan fingerprint density at radius 3 is 2.61 bits per heavy atom. The fourth-order valence-electron chi connectivity index (χ4n) is 4.37. The van der Waals surface area contributed by atoms with Gasteiger partial charge in [-0.1, -0.05) is 25.6 Å². The summed E-state index contributed by atoms with van der Waals surface area (Å²) in [6, 6.07) is -2.23. The van der Waals surface area contributed by atoms with E-state index in [1.165, 1.54) is 16.7 Å². The van der Waals surface area contributed by atoms with E-state index in [4.69, 9.17) is 5.73 Å². The average molecular weight is 519 g/mol. The molecule has 6 atom stereocenters. The van der Waals surface area contributed by atoms with Crippen LogP contribution >= 0.6 is 35.3 Å². The molecule has 12 heteroatoms. The van der Waals surface area contributed by atoms with Crippen molar-refractivity contribution in [3.05, 3.63) is 0 Å². The molecule has 0 spiro atoms. The first kappa shape index (κ1) is 26.7. The zero-order valence-corrected chi connectivity index (χ0v) is 21.6. The fraction of sp³-hybridized carbons (Fsp3) is 0.810. The molecule has 3 saturated heterocycles. The Bertz CT molecular complexity index is 751. The van der Waals surface area contributed by atoms with Crippen LogP contribution in [0.4, 0.5) is 0 Å². The zero-order chi connectivity index (χ0) is 24.1. The van der Waals surface area contributed by atoms with Crippen LogP contribution in [0.2, 0.25) is 0 Å². The molecule has 0 saturated carbocycles. The molecule has 0 aliphatic carbocycles. The summed E-state index contributed by atoms with van der Waals surface area (Å²) < 4.78 is 0. The van der Waals surface area contributed by atoms with Crippen LogP contribution in [-0.4, -0.2) is 103 Å². The van der Waals surface area contributed by atoms with E-state index in [-0.39, 0.29) is 28.9 Å². The van der Waals surface area contributed by atoms with Gasteiger partial charge in [0.1, 0.15) is 17.3 Å². The summed E-state index contributed by atoms with van der Waals surface area (Å²) >= 11 is 4.30. The number of fused-ring (bicyclic) bond motifs is 1. The summed E-state index contributed by atoms with van der Waals surface area (Å²) in [5, 5.41) is 11.3. The molecule has 0 aromatic carbocycles. The highest BCUT2D eigenvalue weighted by atomic mass is 32.2. The van der Waals surface area contributed by atoms with Gasteiger partial charge in [-0.2, -0.15) is 11.8 Å². The van der Waals surface area contributed by atoms with Crippen LogP contribution in [0.5, 0.6) is 0 Å². The normalized spacial score (nSPS) is 30.3. The van der Waals surface area contributed by atoms with E-state index in [1.54, 1.807) is 0 Å². The number of carboxylic acids is 1. The highest BCUT2D eigenvalue weighted by molar-refractivity contribution is 8.14. The summed E-state index contributed by atoms with van der Waals surface area (Å²) in [6.45, 7) is 5.85. The number of carbonyl (C=O) groups is 4. The van der Waals surface area contributed by atoms with Crippen molar-refractivity contribution in [1.82, 2.24) is 15.1 Å². The van der Waals surface area contributed by atoms with Crippen molar-refractivity contribution in [3.63, 3.8) is 0 Å². The van der Waals surface area contributed by atoms with Crippen molar-refractivity contribution in [2.24, 2.45) is 11.7 Å². The maximum absolute atomic E-state index is 13.3. The first-order chi connectivity index (χ1) is 15.7. The lowest BCUT2D eigenvalue weighted by Gasteiger charge is -2.31. The van der Waals surface area contributed by atoms with Crippen LogP contribution < -0.4 is 11.1 Å². The third-order valence-corrected chi connectivity index (χ3v) is 10.1. The number of amides is 2. The quantitative estimate of drug-likeness (QED) is 0.421. The second-order valence-electron chi connectivity index (χ2n) is 8.81. The third-order valence-electron chi connectivity index (χ3n) is 6.42. The van der Waals surface area contributed by atoms with Gasteiger partial charge < -0.3 is 21.1 Å². The smallest absolute Gasteiger partial charge is 0.327 e. The van der Waals surface area contributed by atoms with Crippen molar-refractivity contribution in [2.45, 2.75) is 61.9 Å². The minimum atomic E-state index is -1.03.